The number of fused-ring (bicyclic) bond motifs is 1. The standard InChI is InChI=1S/C26H24FN3OS/c1-17-8-9-20-14-21(25(31)29-24(20)18(17)2)16-30(15-19-6-4-3-5-7-19)26(32)28-23-12-10-22(27)11-13-23/h3-14H,15-16H2,1-2H3,(H,28,32)(H,29,31). The van der Waals surface area contributed by atoms with E-state index in [2.05, 4.69) is 16.4 Å². The molecule has 0 fully saturated rings. The summed E-state index contributed by atoms with van der Waals surface area (Å²) < 4.78 is 13.3. The Bertz CT molecular complexity index is 1320. The van der Waals surface area contributed by atoms with E-state index in [1.54, 1.807) is 12.1 Å². The molecule has 0 amide bonds. The normalized spacial score (nSPS) is 10.8. The van der Waals surface area contributed by atoms with Crippen molar-refractivity contribution in [3.63, 3.8) is 0 Å². The number of halogens is 1. The number of thiocarbonyl (C=S) groups is 1. The van der Waals surface area contributed by atoms with Crippen molar-refractivity contribution < 1.29 is 4.39 Å². The fourth-order valence-electron chi connectivity index (χ4n) is 3.63. The summed E-state index contributed by atoms with van der Waals surface area (Å²) in [4.78, 5) is 17.9. The van der Waals surface area contributed by atoms with Crippen LogP contribution in [-0.4, -0.2) is 15.0 Å². The van der Waals surface area contributed by atoms with E-state index in [4.69, 9.17) is 12.2 Å². The molecule has 2 N–H and O–H groups in total. The number of aryl methyl sites for hydroxylation is 2. The minimum absolute atomic E-state index is 0.131. The first-order chi connectivity index (χ1) is 15.4. The number of nitrogens with one attached hydrogen (secondary N) is 2. The van der Waals surface area contributed by atoms with Gasteiger partial charge in [0.25, 0.3) is 5.56 Å². The third-order valence-electron chi connectivity index (χ3n) is 5.59. The molecule has 1 aromatic heterocycles. The molecule has 0 spiro atoms. The zero-order valence-electron chi connectivity index (χ0n) is 18.0. The molecule has 0 radical (unpaired) electrons. The van der Waals surface area contributed by atoms with Gasteiger partial charge >= 0.3 is 0 Å². The maximum absolute atomic E-state index is 13.3. The number of hydrogen-bond donors (Lipinski definition) is 2. The zero-order valence-corrected chi connectivity index (χ0v) is 18.8. The third kappa shape index (κ3) is 4.86. The molecule has 162 valence electrons. The fourth-order valence-corrected chi connectivity index (χ4v) is 3.88. The first-order valence-corrected chi connectivity index (χ1v) is 10.8. The van der Waals surface area contributed by atoms with Crippen LogP contribution in [-0.2, 0) is 13.1 Å². The third-order valence-corrected chi connectivity index (χ3v) is 5.95. The molecule has 1 heterocycles. The average molecular weight is 446 g/mol. The second kappa shape index (κ2) is 9.32. The van der Waals surface area contributed by atoms with Crippen molar-refractivity contribution in [2.75, 3.05) is 5.32 Å². The Morgan fingerprint density at radius 2 is 1.72 bits per heavy atom. The Balaban J connectivity index is 1.66. The van der Waals surface area contributed by atoms with Crippen LogP contribution < -0.4 is 10.9 Å². The van der Waals surface area contributed by atoms with E-state index in [0.717, 1.165) is 27.6 Å². The van der Waals surface area contributed by atoms with Crippen molar-refractivity contribution in [3.05, 3.63) is 111 Å². The monoisotopic (exact) mass is 445 g/mol. The SMILES string of the molecule is Cc1ccc2cc(CN(Cc3ccccc3)C(=S)Nc3ccc(F)cc3)c(=O)[nH]c2c1C. The largest absolute Gasteiger partial charge is 0.340 e. The van der Waals surface area contributed by atoms with E-state index in [-0.39, 0.29) is 11.4 Å². The van der Waals surface area contributed by atoms with Gasteiger partial charge in [0, 0.05) is 17.8 Å². The summed E-state index contributed by atoms with van der Waals surface area (Å²) in [5.74, 6) is -0.309. The predicted octanol–water partition coefficient (Wildman–Crippen LogP) is 5.68. The Morgan fingerprint density at radius 3 is 2.44 bits per heavy atom. The van der Waals surface area contributed by atoms with E-state index in [1.807, 2.05) is 61.2 Å². The van der Waals surface area contributed by atoms with Crippen molar-refractivity contribution in [1.82, 2.24) is 9.88 Å². The first-order valence-electron chi connectivity index (χ1n) is 10.4. The Hall–Kier alpha value is -3.51. The molecule has 0 atom stereocenters. The van der Waals surface area contributed by atoms with Crippen molar-refractivity contribution in [2.45, 2.75) is 26.9 Å². The summed E-state index contributed by atoms with van der Waals surface area (Å²) in [6.45, 7) is 4.90. The van der Waals surface area contributed by atoms with Gasteiger partial charge in [-0.15, -0.1) is 0 Å². The van der Waals surface area contributed by atoms with E-state index >= 15 is 0 Å². The van der Waals surface area contributed by atoms with Crippen molar-refractivity contribution in [3.8, 4) is 0 Å². The second-order valence-electron chi connectivity index (χ2n) is 7.87. The van der Waals surface area contributed by atoms with E-state index < -0.39 is 0 Å². The van der Waals surface area contributed by atoms with Crippen LogP contribution in [0.15, 0.2) is 77.6 Å². The van der Waals surface area contributed by atoms with Gasteiger partial charge in [0.15, 0.2) is 5.11 Å². The summed E-state index contributed by atoms with van der Waals surface area (Å²) in [7, 11) is 0. The Morgan fingerprint density at radius 1 is 1.00 bits per heavy atom. The van der Waals surface area contributed by atoms with Gasteiger partial charge in [0.05, 0.1) is 12.1 Å². The number of anilines is 1. The van der Waals surface area contributed by atoms with Crippen molar-refractivity contribution >= 4 is 33.9 Å². The smallest absolute Gasteiger partial charge is 0.253 e. The van der Waals surface area contributed by atoms with Gasteiger partial charge in [-0.25, -0.2) is 4.39 Å². The lowest BCUT2D eigenvalue weighted by molar-refractivity contribution is 0.411. The molecule has 4 nitrogen and oxygen atoms in total. The summed E-state index contributed by atoms with van der Waals surface area (Å²) in [6, 6.07) is 22.0. The number of rotatable bonds is 5. The van der Waals surface area contributed by atoms with Crippen LogP contribution in [0.2, 0.25) is 0 Å². The fraction of sp³-hybridized carbons (Fsp3) is 0.154. The Labute approximate surface area is 191 Å². The highest BCUT2D eigenvalue weighted by Gasteiger charge is 2.15. The van der Waals surface area contributed by atoms with Gasteiger partial charge in [-0.05, 0) is 78.5 Å². The van der Waals surface area contributed by atoms with Crippen LogP contribution in [0, 0.1) is 19.7 Å². The van der Waals surface area contributed by atoms with E-state index in [0.29, 0.717) is 29.5 Å². The lowest BCUT2D eigenvalue weighted by atomic mass is 10.0. The number of pyridine rings is 1. The molecule has 32 heavy (non-hydrogen) atoms. The molecular formula is C26H24FN3OS. The number of nitrogens with zero attached hydrogens (tertiary/aromatic N) is 1. The van der Waals surface area contributed by atoms with Crippen LogP contribution in [0.25, 0.3) is 10.9 Å². The summed E-state index contributed by atoms with van der Waals surface area (Å²) in [6.07, 6.45) is 0. The minimum Gasteiger partial charge on any atom is -0.340 e. The van der Waals surface area contributed by atoms with Crippen molar-refractivity contribution in [2.24, 2.45) is 0 Å². The topological polar surface area (TPSA) is 48.1 Å². The zero-order chi connectivity index (χ0) is 22.7. The lowest BCUT2D eigenvalue weighted by Gasteiger charge is -2.26. The lowest BCUT2D eigenvalue weighted by Crippen LogP contribution is -2.35. The number of aromatic nitrogens is 1. The van der Waals surface area contributed by atoms with Crippen LogP contribution in [0.3, 0.4) is 0 Å². The van der Waals surface area contributed by atoms with Gasteiger partial charge < -0.3 is 15.2 Å². The highest BCUT2D eigenvalue weighted by atomic mass is 32.1. The second-order valence-corrected chi connectivity index (χ2v) is 8.26. The molecule has 6 heteroatoms. The number of aromatic amines is 1. The molecule has 0 bridgehead atoms. The van der Waals surface area contributed by atoms with Gasteiger partial charge in [-0.3, -0.25) is 4.79 Å². The minimum atomic E-state index is -0.309. The number of benzene rings is 3. The number of H-pyrrole nitrogens is 1. The number of hydrogen-bond acceptors (Lipinski definition) is 2. The first kappa shape index (κ1) is 21.7. The van der Waals surface area contributed by atoms with Gasteiger partial charge in [0.2, 0.25) is 0 Å². The summed E-state index contributed by atoms with van der Waals surface area (Å²) >= 11 is 5.67. The Kier molecular flexibility index (Phi) is 6.32. The molecule has 0 aliphatic carbocycles. The quantitative estimate of drug-likeness (QED) is 0.388. The van der Waals surface area contributed by atoms with Crippen LogP contribution in [0.4, 0.5) is 10.1 Å². The molecule has 0 aliphatic rings. The maximum atomic E-state index is 13.3. The molecule has 0 aliphatic heterocycles. The van der Waals surface area contributed by atoms with E-state index in [9.17, 15) is 9.18 Å². The molecule has 3 aromatic carbocycles. The van der Waals surface area contributed by atoms with Gasteiger partial charge in [0.1, 0.15) is 5.82 Å². The molecule has 0 saturated carbocycles. The predicted molar refractivity (Wildman–Crippen MR) is 132 cm³/mol. The highest BCUT2D eigenvalue weighted by molar-refractivity contribution is 7.80. The van der Waals surface area contributed by atoms with Crippen LogP contribution in [0.1, 0.15) is 22.3 Å². The summed E-state index contributed by atoms with van der Waals surface area (Å²) in [5.41, 5.74) is 5.32. The highest BCUT2D eigenvalue weighted by Crippen LogP contribution is 2.20. The molecule has 0 saturated heterocycles. The maximum Gasteiger partial charge on any atom is 0.253 e. The molecule has 4 rings (SSSR count). The van der Waals surface area contributed by atoms with Crippen molar-refractivity contribution in [1.29, 1.82) is 0 Å². The van der Waals surface area contributed by atoms with Crippen LogP contribution in [0.5, 0.6) is 0 Å². The molecule has 4 aromatic rings. The van der Waals surface area contributed by atoms with Gasteiger partial charge in [-0.2, -0.15) is 0 Å². The van der Waals surface area contributed by atoms with Gasteiger partial charge in [-0.1, -0.05) is 42.5 Å². The average Bonchev–Trinajstić information content (AvgIpc) is 2.79. The van der Waals surface area contributed by atoms with E-state index in [1.165, 1.54) is 12.1 Å². The summed E-state index contributed by atoms with van der Waals surface area (Å²) in [5, 5.41) is 4.61. The van der Waals surface area contributed by atoms with Crippen LogP contribution >= 0.6 is 12.2 Å². The molecule has 0 unspecified atom stereocenters. The molecular weight excluding hydrogens is 421 g/mol.